The van der Waals surface area contributed by atoms with Crippen LogP contribution in [0.1, 0.15) is 335 Å². The summed E-state index contributed by atoms with van der Waals surface area (Å²) in [5.41, 5.74) is 0. The predicted molar refractivity (Wildman–Crippen MR) is 276 cm³/mol. The molecular formula is C58H115NO3. The van der Waals surface area contributed by atoms with Crippen LogP contribution < -0.4 is 5.32 Å². The quantitative estimate of drug-likeness (QED) is 0.0421. The van der Waals surface area contributed by atoms with Gasteiger partial charge in [-0.05, 0) is 19.3 Å². The maximum absolute atomic E-state index is 12.4. The summed E-state index contributed by atoms with van der Waals surface area (Å²) in [5, 5.41) is 23.1. The maximum Gasteiger partial charge on any atom is 0.220 e. The van der Waals surface area contributed by atoms with E-state index in [-0.39, 0.29) is 12.5 Å². The number of carbonyl (C=O) groups excluding carboxylic acids is 1. The molecule has 0 aromatic rings. The molecule has 1 amide bonds. The first kappa shape index (κ1) is 61.1. The van der Waals surface area contributed by atoms with Gasteiger partial charge in [-0.2, -0.15) is 0 Å². The van der Waals surface area contributed by atoms with Crippen LogP contribution >= 0.6 is 0 Å². The Morgan fingerprint density at radius 2 is 0.597 bits per heavy atom. The predicted octanol–water partition coefficient (Wildman–Crippen LogP) is 18.9. The van der Waals surface area contributed by atoms with Crippen molar-refractivity contribution in [2.24, 2.45) is 0 Å². The normalized spacial score (nSPS) is 12.8. The van der Waals surface area contributed by atoms with Crippen molar-refractivity contribution in [3.8, 4) is 0 Å². The highest BCUT2D eigenvalue weighted by molar-refractivity contribution is 5.76. The third kappa shape index (κ3) is 50.1. The number of unbranched alkanes of at least 4 members (excludes halogenated alkanes) is 47. The van der Waals surface area contributed by atoms with Crippen molar-refractivity contribution in [1.29, 1.82) is 0 Å². The summed E-state index contributed by atoms with van der Waals surface area (Å²) in [6, 6.07) is -0.617. The molecule has 62 heavy (non-hydrogen) atoms. The van der Waals surface area contributed by atoms with Gasteiger partial charge < -0.3 is 15.5 Å². The summed E-state index contributed by atoms with van der Waals surface area (Å²) in [6.07, 6.45) is 71.2. The maximum atomic E-state index is 12.4. The van der Waals surface area contributed by atoms with E-state index in [0.717, 1.165) is 25.7 Å². The molecule has 0 bridgehead atoms. The molecule has 0 aromatic heterocycles. The topological polar surface area (TPSA) is 69.6 Å². The van der Waals surface area contributed by atoms with E-state index in [0.29, 0.717) is 6.42 Å². The van der Waals surface area contributed by atoms with Gasteiger partial charge in [-0.1, -0.05) is 321 Å². The first-order valence-electron chi connectivity index (χ1n) is 28.9. The van der Waals surface area contributed by atoms with Gasteiger partial charge in [0.15, 0.2) is 0 Å². The number of amides is 1. The molecule has 0 aliphatic carbocycles. The number of aliphatic hydroxyl groups is 2. The zero-order valence-electron chi connectivity index (χ0n) is 42.7. The molecule has 0 aliphatic heterocycles. The number of carbonyl (C=O) groups is 1. The summed E-state index contributed by atoms with van der Waals surface area (Å²) in [7, 11) is 0. The van der Waals surface area contributed by atoms with Crippen molar-refractivity contribution in [2.75, 3.05) is 6.61 Å². The summed E-state index contributed by atoms with van der Waals surface area (Å²) in [6.45, 7) is 4.34. The highest BCUT2D eigenvalue weighted by atomic mass is 16.3. The van der Waals surface area contributed by atoms with Crippen LogP contribution in [0.4, 0.5) is 0 Å². The van der Waals surface area contributed by atoms with Crippen LogP contribution in [-0.4, -0.2) is 34.9 Å². The second-order valence-electron chi connectivity index (χ2n) is 20.1. The minimum atomic E-state index is -0.834. The minimum absolute atomic E-state index is 0.0573. The average molecular weight is 875 g/mol. The molecule has 2 unspecified atom stereocenters. The zero-order valence-corrected chi connectivity index (χ0v) is 42.7. The van der Waals surface area contributed by atoms with Crippen molar-refractivity contribution >= 4 is 5.91 Å². The largest absolute Gasteiger partial charge is 0.394 e. The van der Waals surface area contributed by atoms with Crippen LogP contribution in [-0.2, 0) is 4.79 Å². The van der Waals surface area contributed by atoms with Gasteiger partial charge in [0.1, 0.15) is 0 Å². The smallest absolute Gasteiger partial charge is 0.220 e. The number of hydrogen-bond acceptors (Lipinski definition) is 3. The van der Waals surface area contributed by atoms with Gasteiger partial charge >= 0.3 is 0 Å². The molecule has 0 radical (unpaired) electrons. The van der Waals surface area contributed by atoms with E-state index >= 15 is 0 Å². The molecular weight excluding hydrogens is 759 g/mol. The van der Waals surface area contributed by atoms with Crippen molar-refractivity contribution in [2.45, 2.75) is 347 Å². The van der Waals surface area contributed by atoms with Gasteiger partial charge in [-0.3, -0.25) is 4.79 Å². The van der Waals surface area contributed by atoms with Crippen LogP contribution in [0.5, 0.6) is 0 Å². The molecule has 0 heterocycles. The van der Waals surface area contributed by atoms with Crippen LogP contribution in [0.2, 0.25) is 0 Å². The number of rotatable bonds is 54. The van der Waals surface area contributed by atoms with E-state index < -0.39 is 12.1 Å². The highest BCUT2D eigenvalue weighted by Crippen LogP contribution is 2.18. The van der Waals surface area contributed by atoms with E-state index in [1.165, 1.54) is 289 Å². The van der Waals surface area contributed by atoms with Gasteiger partial charge in [0, 0.05) is 6.42 Å². The molecule has 0 aliphatic rings. The first-order chi connectivity index (χ1) is 30.7. The molecule has 0 rings (SSSR count). The molecule has 4 nitrogen and oxygen atoms in total. The van der Waals surface area contributed by atoms with Crippen LogP contribution in [0.15, 0.2) is 12.2 Å². The fourth-order valence-corrected chi connectivity index (χ4v) is 9.36. The second kappa shape index (κ2) is 54.5. The number of allylic oxidation sites excluding steroid dienone is 1. The molecule has 0 spiro atoms. The number of aliphatic hydroxyl groups excluding tert-OH is 2. The standard InChI is InChI=1S/C58H115NO3/c1-3-5-7-9-11-13-15-17-18-19-20-21-22-23-24-25-26-27-28-29-30-31-32-33-34-35-36-37-38-39-40-42-44-46-48-50-52-54-58(62)59-56(55-60)57(61)53-51-49-47-45-43-41-16-14-12-10-8-6-4-2/h51,53,56-57,60-61H,3-50,52,54-55H2,1-2H3,(H,59,62)/b53-51+. The minimum Gasteiger partial charge on any atom is -0.394 e. The Balaban J connectivity index is 3.34. The lowest BCUT2D eigenvalue weighted by molar-refractivity contribution is -0.123. The molecule has 0 saturated carbocycles. The number of hydrogen-bond donors (Lipinski definition) is 3. The SMILES string of the molecule is CCCCCCCCCCCCC/C=C/C(O)C(CO)NC(=O)CCCCCCCCCCCCCCCCCCCCCCCCCCCCCCCCCCCCCCC. The lowest BCUT2D eigenvalue weighted by Gasteiger charge is -2.20. The molecule has 3 N–H and O–H groups in total. The first-order valence-corrected chi connectivity index (χ1v) is 28.9. The van der Waals surface area contributed by atoms with Gasteiger partial charge in [-0.15, -0.1) is 0 Å². The summed E-state index contributed by atoms with van der Waals surface area (Å²) >= 11 is 0. The van der Waals surface area contributed by atoms with E-state index in [2.05, 4.69) is 19.2 Å². The van der Waals surface area contributed by atoms with Crippen molar-refractivity contribution in [1.82, 2.24) is 5.32 Å². The van der Waals surface area contributed by atoms with Crippen LogP contribution in [0.3, 0.4) is 0 Å². The Bertz CT molecular complexity index is 860. The zero-order chi connectivity index (χ0) is 44.9. The van der Waals surface area contributed by atoms with Gasteiger partial charge in [0.2, 0.25) is 5.91 Å². The van der Waals surface area contributed by atoms with E-state index in [1.54, 1.807) is 6.08 Å². The summed E-state index contributed by atoms with van der Waals surface area (Å²) in [4.78, 5) is 12.4. The monoisotopic (exact) mass is 874 g/mol. The fraction of sp³-hybridized carbons (Fsp3) is 0.948. The lowest BCUT2D eigenvalue weighted by Crippen LogP contribution is -2.45. The summed E-state index contributed by atoms with van der Waals surface area (Å²) < 4.78 is 0. The van der Waals surface area contributed by atoms with Crippen LogP contribution in [0.25, 0.3) is 0 Å². The molecule has 0 saturated heterocycles. The number of nitrogens with one attached hydrogen (secondary N) is 1. The average Bonchev–Trinajstić information content (AvgIpc) is 3.28. The van der Waals surface area contributed by atoms with Crippen molar-refractivity contribution in [3.63, 3.8) is 0 Å². The van der Waals surface area contributed by atoms with Crippen LogP contribution in [0, 0.1) is 0 Å². The molecule has 0 fully saturated rings. The lowest BCUT2D eigenvalue weighted by atomic mass is 10.0. The third-order valence-electron chi connectivity index (χ3n) is 13.8. The fourth-order valence-electron chi connectivity index (χ4n) is 9.36. The van der Waals surface area contributed by atoms with E-state index in [9.17, 15) is 15.0 Å². The second-order valence-corrected chi connectivity index (χ2v) is 20.1. The van der Waals surface area contributed by atoms with Crippen molar-refractivity contribution in [3.05, 3.63) is 12.2 Å². The van der Waals surface area contributed by atoms with E-state index in [4.69, 9.17) is 0 Å². The van der Waals surface area contributed by atoms with Gasteiger partial charge in [0.05, 0.1) is 18.8 Å². The van der Waals surface area contributed by atoms with Gasteiger partial charge in [-0.25, -0.2) is 0 Å². The molecule has 2 atom stereocenters. The Labute approximate surface area is 390 Å². The Hall–Kier alpha value is -0.870. The summed E-state index contributed by atoms with van der Waals surface area (Å²) in [5.74, 6) is -0.0573. The molecule has 0 aromatic carbocycles. The Kier molecular flexibility index (Phi) is 53.7. The third-order valence-corrected chi connectivity index (χ3v) is 13.8. The van der Waals surface area contributed by atoms with Gasteiger partial charge in [0.25, 0.3) is 0 Å². The molecule has 4 heteroatoms. The Morgan fingerprint density at radius 1 is 0.371 bits per heavy atom. The van der Waals surface area contributed by atoms with E-state index in [1.807, 2.05) is 6.08 Å². The van der Waals surface area contributed by atoms with Crippen molar-refractivity contribution < 1.29 is 15.0 Å². The highest BCUT2D eigenvalue weighted by Gasteiger charge is 2.18. The Morgan fingerprint density at radius 3 is 0.839 bits per heavy atom. The molecule has 370 valence electrons.